The molecule has 0 amide bonds. The van der Waals surface area contributed by atoms with Crippen molar-refractivity contribution >= 4 is 0 Å². The highest BCUT2D eigenvalue weighted by molar-refractivity contribution is 5.44. The fourth-order valence-corrected chi connectivity index (χ4v) is 2.78. The SMILES string of the molecule is CCCC(OCC)C(NCC)c1ccc2c(c1)OCCO2. The Morgan fingerprint density at radius 3 is 2.57 bits per heavy atom. The highest BCUT2D eigenvalue weighted by atomic mass is 16.6. The Hall–Kier alpha value is -1.26. The molecular weight excluding hydrogens is 266 g/mol. The maximum atomic E-state index is 5.96. The van der Waals surface area contributed by atoms with Gasteiger partial charge in [0.15, 0.2) is 11.5 Å². The number of hydrogen-bond acceptors (Lipinski definition) is 4. The topological polar surface area (TPSA) is 39.7 Å². The Balaban J connectivity index is 2.23. The molecule has 1 heterocycles. The summed E-state index contributed by atoms with van der Waals surface area (Å²) in [5, 5.41) is 3.55. The maximum absolute atomic E-state index is 5.96. The van der Waals surface area contributed by atoms with E-state index in [1.54, 1.807) is 0 Å². The lowest BCUT2D eigenvalue weighted by Crippen LogP contribution is -2.34. The second kappa shape index (κ2) is 8.25. The summed E-state index contributed by atoms with van der Waals surface area (Å²) in [7, 11) is 0. The van der Waals surface area contributed by atoms with Crippen molar-refractivity contribution in [1.82, 2.24) is 5.32 Å². The number of benzene rings is 1. The molecule has 0 fully saturated rings. The largest absolute Gasteiger partial charge is 0.486 e. The second-order valence-corrected chi connectivity index (χ2v) is 5.22. The number of rotatable bonds is 8. The predicted molar refractivity (Wildman–Crippen MR) is 84.2 cm³/mol. The highest BCUT2D eigenvalue weighted by Gasteiger charge is 2.24. The van der Waals surface area contributed by atoms with E-state index < -0.39 is 0 Å². The molecule has 1 aliphatic rings. The van der Waals surface area contributed by atoms with Crippen molar-refractivity contribution in [2.24, 2.45) is 0 Å². The Bertz CT molecular complexity index is 430. The molecule has 0 saturated carbocycles. The third kappa shape index (κ3) is 4.11. The molecule has 1 aromatic carbocycles. The zero-order valence-corrected chi connectivity index (χ0v) is 13.4. The molecule has 1 N–H and O–H groups in total. The van der Waals surface area contributed by atoms with E-state index in [0.717, 1.165) is 37.5 Å². The number of nitrogens with one attached hydrogen (secondary N) is 1. The Kier molecular flexibility index (Phi) is 6.33. The van der Waals surface area contributed by atoms with Crippen LogP contribution in [0.15, 0.2) is 18.2 Å². The van der Waals surface area contributed by atoms with Gasteiger partial charge in [-0.1, -0.05) is 26.3 Å². The van der Waals surface area contributed by atoms with Crippen LogP contribution >= 0.6 is 0 Å². The molecule has 0 spiro atoms. The highest BCUT2D eigenvalue weighted by Crippen LogP contribution is 2.34. The summed E-state index contributed by atoms with van der Waals surface area (Å²) < 4.78 is 17.3. The normalized spacial score (nSPS) is 16.5. The van der Waals surface area contributed by atoms with Crippen molar-refractivity contribution in [3.8, 4) is 11.5 Å². The second-order valence-electron chi connectivity index (χ2n) is 5.22. The van der Waals surface area contributed by atoms with Crippen molar-refractivity contribution in [1.29, 1.82) is 0 Å². The fraction of sp³-hybridized carbons (Fsp3) is 0.647. The van der Waals surface area contributed by atoms with Crippen LogP contribution in [0.25, 0.3) is 0 Å². The van der Waals surface area contributed by atoms with E-state index in [1.807, 2.05) is 6.07 Å². The lowest BCUT2D eigenvalue weighted by atomic mass is 9.97. The summed E-state index contributed by atoms with van der Waals surface area (Å²) in [5.41, 5.74) is 1.20. The van der Waals surface area contributed by atoms with E-state index in [2.05, 4.69) is 38.2 Å². The number of ether oxygens (including phenoxy) is 3. The minimum Gasteiger partial charge on any atom is -0.486 e. The molecule has 0 bridgehead atoms. The molecule has 0 saturated heterocycles. The fourth-order valence-electron chi connectivity index (χ4n) is 2.78. The first-order valence-corrected chi connectivity index (χ1v) is 8.04. The molecule has 2 rings (SSSR count). The first kappa shape index (κ1) is 16.1. The first-order chi connectivity index (χ1) is 10.3. The molecule has 0 aliphatic carbocycles. The Morgan fingerprint density at radius 1 is 1.14 bits per heavy atom. The van der Waals surface area contributed by atoms with Crippen LogP contribution in [-0.2, 0) is 4.74 Å². The van der Waals surface area contributed by atoms with Crippen LogP contribution in [0.4, 0.5) is 0 Å². The average molecular weight is 293 g/mol. The van der Waals surface area contributed by atoms with Gasteiger partial charge < -0.3 is 19.5 Å². The van der Waals surface area contributed by atoms with Gasteiger partial charge in [-0.15, -0.1) is 0 Å². The van der Waals surface area contributed by atoms with Gasteiger partial charge in [0.2, 0.25) is 0 Å². The van der Waals surface area contributed by atoms with Crippen LogP contribution in [0.5, 0.6) is 11.5 Å². The van der Waals surface area contributed by atoms with E-state index in [4.69, 9.17) is 14.2 Å². The summed E-state index contributed by atoms with van der Waals surface area (Å²) in [6, 6.07) is 6.39. The van der Waals surface area contributed by atoms with Crippen molar-refractivity contribution in [2.75, 3.05) is 26.4 Å². The molecule has 21 heavy (non-hydrogen) atoms. The molecule has 118 valence electrons. The van der Waals surface area contributed by atoms with Crippen molar-refractivity contribution in [2.45, 2.75) is 45.8 Å². The van der Waals surface area contributed by atoms with Crippen LogP contribution < -0.4 is 14.8 Å². The predicted octanol–water partition coefficient (Wildman–Crippen LogP) is 3.31. The van der Waals surface area contributed by atoms with Gasteiger partial charge >= 0.3 is 0 Å². The minimum absolute atomic E-state index is 0.183. The molecule has 1 aromatic rings. The van der Waals surface area contributed by atoms with Crippen LogP contribution in [0.2, 0.25) is 0 Å². The van der Waals surface area contributed by atoms with Gasteiger partial charge in [-0.2, -0.15) is 0 Å². The molecule has 2 atom stereocenters. The quantitative estimate of drug-likeness (QED) is 0.798. The smallest absolute Gasteiger partial charge is 0.161 e. The molecule has 0 radical (unpaired) electrons. The minimum atomic E-state index is 0.183. The monoisotopic (exact) mass is 293 g/mol. The van der Waals surface area contributed by atoms with E-state index >= 15 is 0 Å². The average Bonchev–Trinajstić information content (AvgIpc) is 2.52. The number of hydrogen-bond donors (Lipinski definition) is 1. The lowest BCUT2D eigenvalue weighted by Gasteiger charge is -2.29. The van der Waals surface area contributed by atoms with Gasteiger partial charge in [0.05, 0.1) is 12.1 Å². The van der Waals surface area contributed by atoms with Crippen molar-refractivity contribution in [3.05, 3.63) is 23.8 Å². The van der Waals surface area contributed by atoms with E-state index in [-0.39, 0.29) is 12.1 Å². The van der Waals surface area contributed by atoms with E-state index in [9.17, 15) is 0 Å². The molecular formula is C17H27NO3. The molecule has 4 nitrogen and oxygen atoms in total. The first-order valence-electron chi connectivity index (χ1n) is 8.04. The molecule has 2 unspecified atom stereocenters. The van der Waals surface area contributed by atoms with Crippen LogP contribution in [0.1, 0.15) is 45.2 Å². The summed E-state index contributed by atoms with van der Waals surface area (Å²) in [6.45, 7) is 9.25. The van der Waals surface area contributed by atoms with E-state index in [0.29, 0.717) is 13.2 Å². The van der Waals surface area contributed by atoms with E-state index in [1.165, 1.54) is 5.56 Å². The lowest BCUT2D eigenvalue weighted by molar-refractivity contribution is 0.0279. The van der Waals surface area contributed by atoms with Gasteiger partial charge in [-0.25, -0.2) is 0 Å². The van der Waals surface area contributed by atoms with Crippen LogP contribution in [0.3, 0.4) is 0 Å². The zero-order chi connectivity index (χ0) is 15.1. The van der Waals surface area contributed by atoms with Gasteiger partial charge in [-0.3, -0.25) is 0 Å². The van der Waals surface area contributed by atoms with Crippen molar-refractivity contribution < 1.29 is 14.2 Å². The number of likely N-dealkylation sites (N-methyl/N-ethyl adjacent to an activating group) is 1. The van der Waals surface area contributed by atoms with Crippen molar-refractivity contribution in [3.63, 3.8) is 0 Å². The molecule has 4 heteroatoms. The summed E-state index contributed by atoms with van der Waals surface area (Å²) in [5.74, 6) is 1.68. The van der Waals surface area contributed by atoms with Crippen LogP contribution in [0, 0.1) is 0 Å². The van der Waals surface area contributed by atoms with Gasteiger partial charge in [0, 0.05) is 6.61 Å². The molecule has 0 aromatic heterocycles. The summed E-state index contributed by atoms with van der Waals surface area (Å²) in [4.78, 5) is 0. The Morgan fingerprint density at radius 2 is 1.90 bits per heavy atom. The van der Waals surface area contributed by atoms with Gasteiger partial charge in [0.25, 0.3) is 0 Å². The van der Waals surface area contributed by atoms with Gasteiger partial charge in [-0.05, 0) is 37.6 Å². The number of fused-ring (bicyclic) bond motifs is 1. The zero-order valence-electron chi connectivity index (χ0n) is 13.4. The molecule has 1 aliphatic heterocycles. The van der Waals surface area contributed by atoms with Crippen LogP contribution in [-0.4, -0.2) is 32.5 Å². The third-order valence-electron chi connectivity index (χ3n) is 3.68. The summed E-state index contributed by atoms with van der Waals surface area (Å²) >= 11 is 0. The maximum Gasteiger partial charge on any atom is 0.161 e. The third-order valence-corrected chi connectivity index (χ3v) is 3.68. The standard InChI is InChI=1S/C17H27NO3/c1-4-7-15(19-6-3)17(18-5-2)13-8-9-14-16(12-13)21-11-10-20-14/h8-9,12,15,17-18H,4-7,10-11H2,1-3H3. The van der Waals surface area contributed by atoms with Gasteiger partial charge in [0.1, 0.15) is 13.2 Å². The Labute approximate surface area is 127 Å². The summed E-state index contributed by atoms with van der Waals surface area (Å²) in [6.07, 6.45) is 2.33.